The Hall–Kier alpha value is -2.16. The predicted molar refractivity (Wildman–Crippen MR) is 88.9 cm³/mol. The molecule has 0 N–H and O–H groups in total. The van der Waals surface area contributed by atoms with Crippen LogP contribution in [0.3, 0.4) is 0 Å². The number of hydrogen-bond acceptors (Lipinski definition) is 2. The maximum Gasteiger partial charge on any atom is 0.160 e. The Morgan fingerprint density at radius 3 is 2.59 bits per heavy atom. The van der Waals surface area contributed by atoms with Crippen molar-refractivity contribution in [1.29, 1.82) is 0 Å². The van der Waals surface area contributed by atoms with E-state index in [0.717, 1.165) is 23.4 Å². The van der Waals surface area contributed by atoms with Gasteiger partial charge in [0.05, 0.1) is 0 Å². The second-order valence-electron chi connectivity index (χ2n) is 6.20. The molecule has 3 aromatic rings. The third-order valence-corrected chi connectivity index (χ3v) is 4.67. The number of rotatable bonds is 3. The van der Waals surface area contributed by atoms with Crippen LogP contribution in [0, 0.1) is 0 Å². The Morgan fingerprint density at radius 2 is 1.77 bits per heavy atom. The molecule has 1 fully saturated rings. The molecule has 0 spiro atoms. The molecule has 0 aliphatic heterocycles. The first kappa shape index (κ1) is 13.5. The molecule has 0 saturated heterocycles. The van der Waals surface area contributed by atoms with E-state index in [-0.39, 0.29) is 0 Å². The van der Waals surface area contributed by atoms with Crippen molar-refractivity contribution in [3.05, 3.63) is 60.0 Å². The van der Waals surface area contributed by atoms with E-state index < -0.39 is 0 Å². The molecule has 0 amide bonds. The molecule has 1 aromatic carbocycles. The second kappa shape index (κ2) is 5.91. The van der Waals surface area contributed by atoms with Gasteiger partial charge in [-0.2, -0.15) is 0 Å². The van der Waals surface area contributed by atoms with E-state index in [4.69, 9.17) is 4.98 Å². The molecule has 4 rings (SSSR count). The van der Waals surface area contributed by atoms with Gasteiger partial charge in [-0.3, -0.25) is 0 Å². The number of aromatic nitrogens is 3. The highest BCUT2D eigenvalue weighted by molar-refractivity contribution is 5.71. The summed E-state index contributed by atoms with van der Waals surface area (Å²) in [5.41, 5.74) is 3.40. The Morgan fingerprint density at radius 1 is 0.955 bits per heavy atom. The summed E-state index contributed by atoms with van der Waals surface area (Å²) in [5.74, 6) is 1.16. The van der Waals surface area contributed by atoms with E-state index in [2.05, 4.69) is 45.9 Å². The summed E-state index contributed by atoms with van der Waals surface area (Å²) >= 11 is 0. The summed E-state index contributed by atoms with van der Waals surface area (Å²) in [6.45, 7) is 0. The zero-order valence-electron chi connectivity index (χ0n) is 12.8. The minimum absolute atomic E-state index is 0.562. The van der Waals surface area contributed by atoms with Crippen molar-refractivity contribution < 1.29 is 0 Å². The van der Waals surface area contributed by atoms with Crippen LogP contribution in [0.15, 0.2) is 48.7 Å². The molecule has 0 bridgehead atoms. The molecular formula is C19H21N3. The predicted octanol–water partition coefficient (Wildman–Crippen LogP) is 4.53. The fraction of sp³-hybridized carbons (Fsp3) is 0.368. The zero-order valence-corrected chi connectivity index (χ0v) is 12.8. The number of fused-ring (bicyclic) bond motifs is 1. The summed E-state index contributed by atoms with van der Waals surface area (Å²) in [5, 5.41) is 0. The van der Waals surface area contributed by atoms with Crippen LogP contribution >= 0.6 is 0 Å². The van der Waals surface area contributed by atoms with Crippen LogP contribution in [0.25, 0.3) is 11.2 Å². The third-order valence-electron chi connectivity index (χ3n) is 4.67. The van der Waals surface area contributed by atoms with E-state index in [1.54, 1.807) is 0 Å². The van der Waals surface area contributed by atoms with Gasteiger partial charge in [0.1, 0.15) is 11.3 Å². The highest BCUT2D eigenvalue weighted by Gasteiger charge is 2.21. The summed E-state index contributed by atoms with van der Waals surface area (Å²) in [4.78, 5) is 9.50. The van der Waals surface area contributed by atoms with Crippen molar-refractivity contribution >= 4 is 11.2 Å². The quantitative estimate of drug-likeness (QED) is 0.710. The third kappa shape index (κ3) is 2.52. The SMILES string of the molecule is c1ccc(Cc2nc3cccnc3n2C2CCCCC2)cc1. The van der Waals surface area contributed by atoms with E-state index in [1.165, 1.54) is 37.7 Å². The van der Waals surface area contributed by atoms with Gasteiger partial charge in [-0.25, -0.2) is 9.97 Å². The molecule has 0 unspecified atom stereocenters. The van der Waals surface area contributed by atoms with Gasteiger partial charge in [-0.05, 0) is 30.5 Å². The lowest BCUT2D eigenvalue weighted by molar-refractivity contribution is 0.352. The minimum Gasteiger partial charge on any atom is -0.309 e. The molecule has 2 aromatic heterocycles. The van der Waals surface area contributed by atoms with Gasteiger partial charge >= 0.3 is 0 Å². The van der Waals surface area contributed by atoms with Crippen molar-refractivity contribution in [2.24, 2.45) is 0 Å². The summed E-state index contributed by atoms with van der Waals surface area (Å²) in [7, 11) is 0. The van der Waals surface area contributed by atoms with Gasteiger partial charge < -0.3 is 4.57 Å². The first-order valence-corrected chi connectivity index (χ1v) is 8.27. The first-order chi connectivity index (χ1) is 10.9. The average molecular weight is 291 g/mol. The number of pyridine rings is 1. The minimum atomic E-state index is 0.562. The van der Waals surface area contributed by atoms with Crippen molar-refractivity contribution in [3.8, 4) is 0 Å². The Balaban J connectivity index is 1.79. The number of hydrogen-bond donors (Lipinski definition) is 0. The lowest BCUT2D eigenvalue weighted by Gasteiger charge is -2.25. The van der Waals surface area contributed by atoms with Gasteiger partial charge in [-0.15, -0.1) is 0 Å². The molecule has 3 heteroatoms. The lowest BCUT2D eigenvalue weighted by Crippen LogP contribution is -2.16. The molecule has 1 aliphatic rings. The molecule has 0 radical (unpaired) electrons. The van der Waals surface area contributed by atoms with E-state index >= 15 is 0 Å². The fourth-order valence-corrected chi connectivity index (χ4v) is 3.60. The van der Waals surface area contributed by atoms with E-state index in [0.29, 0.717) is 6.04 Å². The molecule has 2 heterocycles. The van der Waals surface area contributed by atoms with Crippen LogP contribution in [0.1, 0.15) is 49.5 Å². The molecular weight excluding hydrogens is 270 g/mol. The molecule has 1 saturated carbocycles. The number of imidazole rings is 1. The molecule has 3 nitrogen and oxygen atoms in total. The van der Waals surface area contributed by atoms with Gasteiger partial charge in [0.2, 0.25) is 0 Å². The maximum atomic E-state index is 4.88. The molecule has 1 aliphatic carbocycles. The largest absolute Gasteiger partial charge is 0.309 e. The molecule has 112 valence electrons. The molecule has 22 heavy (non-hydrogen) atoms. The van der Waals surface area contributed by atoms with Crippen molar-refractivity contribution in [3.63, 3.8) is 0 Å². The van der Waals surface area contributed by atoms with Crippen LogP contribution in [0.2, 0.25) is 0 Å². The van der Waals surface area contributed by atoms with Gasteiger partial charge in [0.15, 0.2) is 5.65 Å². The zero-order chi connectivity index (χ0) is 14.8. The van der Waals surface area contributed by atoms with E-state index in [1.807, 2.05) is 12.3 Å². The van der Waals surface area contributed by atoms with Crippen molar-refractivity contribution in [2.75, 3.05) is 0 Å². The van der Waals surface area contributed by atoms with Gasteiger partial charge in [0.25, 0.3) is 0 Å². The Kier molecular flexibility index (Phi) is 3.63. The average Bonchev–Trinajstić information content (AvgIpc) is 2.94. The number of nitrogens with zero attached hydrogens (tertiary/aromatic N) is 3. The fourth-order valence-electron chi connectivity index (χ4n) is 3.60. The van der Waals surface area contributed by atoms with Gasteiger partial charge in [0, 0.05) is 18.7 Å². The van der Waals surface area contributed by atoms with Gasteiger partial charge in [-0.1, -0.05) is 49.6 Å². The smallest absolute Gasteiger partial charge is 0.160 e. The second-order valence-corrected chi connectivity index (χ2v) is 6.20. The van der Waals surface area contributed by atoms with Crippen LogP contribution in [0.4, 0.5) is 0 Å². The van der Waals surface area contributed by atoms with E-state index in [9.17, 15) is 0 Å². The van der Waals surface area contributed by atoms with Crippen LogP contribution in [-0.2, 0) is 6.42 Å². The Labute approximate surface area is 131 Å². The Bertz CT molecular complexity index is 755. The van der Waals surface area contributed by atoms with Crippen LogP contribution < -0.4 is 0 Å². The van der Waals surface area contributed by atoms with Crippen molar-refractivity contribution in [1.82, 2.24) is 14.5 Å². The van der Waals surface area contributed by atoms with Crippen molar-refractivity contribution in [2.45, 2.75) is 44.6 Å². The van der Waals surface area contributed by atoms with Crippen LogP contribution in [-0.4, -0.2) is 14.5 Å². The monoisotopic (exact) mass is 291 g/mol. The van der Waals surface area contributed by atoms with Crippen LogP contribution in [0.5, 0.6) is 0 Å². The summed E-state index contributed by atoms with van der Waals surface area (Å²) in [6.07, 6.45) is 9.28. The normalized spacial score (nSPS) is 16.2. The first-order valence-electron chi connectivity index (χ1n) is 8.27. The maximum absolute atomic E-state index is 4.88. The molecule has 0 atom stereocenters. The lowest BCUT2D eigenvalue weighted by atomic mass is 9.95. The summed E-state index contributed by atoms with van der Waals surface area (Å²) in [6, 6.07) is 15.2. The standard InChI is InChI=1S/C19H21N3/c1-3-8-15(9-4-1)14-18-21-17-12-7-13-20-19(17)22(18)16-10-5-2-6-11-16/h1,3-4,7-9,12-13,16H,2,5-6,10-11,14H2. The topological polar surface area (TPSA) is 30.7 Å². The summed E-state index contributed by atoms with van der Waals surface area (Å²) < 4.78 is 2.42. The number of benzene rings is 1. The highest BCUT2D eigenvalue weighted by atomic mass is 15.1. The highest BCUT2D eigenvalue weighted by Crippen LogP contribution is 2.32.